The van der Waals surface area contributed by atoms with Crippen molar-refractivity contribution in [1.29, 1.82) is 0 Å². The van der Waals surface area contributed by atoms with Crippen molar-refractivity contribution in [3.05, 3.63) is 76.9 Å². The molecule has 1 heterocycles. The quantitative estimate of drug-likeness (QED) is 0.487. The normalized spacial score (nSPS) is 10.3. The molecule has 0 atom stereocenters. The number of nitrogens with zero attached hydrogens (tertiary/aromatic N) is 2. The molecule has 0 fully saturated rings. The summed E-state index contributed by atoms with van der Waals surface area (Å²) in [6.45, 7) is 0.827. The molecule has 0 aliphatic heterocycles. The molecule has 150 valence electrons. The van der Waals surface area contributed by atoms with Gasteiger partial charge in [-0.2, -0.15) is 0 Å². The molecule has 1 aromatic heterocycles. The number of halogens is 1. The van der Waals surface area contributed by atoms with Gasteiger partial charge in [-0.05, 0) is 48.5 Å². The van der Waals surface area contributed by atoms with Crippen molar-refractivity contribution in [2.75, 3.05) is 27.3 Å². The van der Waals surface area contributed by atoms with Crippen LogP contribution in [0.25, 0.3) is 0 Å². The smallest absolute Gasteiger partial charge is 0.255 e. The second-order valence-corrected chi connectivity index (χ2v) is 7.11. The summed E-state index contributed by atoms with van der Waals surface area (Å²) in [5.74, 6) is 2.44. The minimum atomic E-state index is -0.134. The summed E-state index contributed by atoms with van der Waals surface area (Å²) in [5.41, 5.74) is 0.485. The number of hydrogen-bond acceptors (Lipinski definition) is 5. The number of benzene rings is 2. The predicted molar refractivity (Wildman–Crippen MR) is 114 cm³/mol. The molecule has 3 rings (SSSR count). The molecule has 0 spiro atoms. The summed E-state index contributed by atoms with van der Waals surface area (Å²) in [6, 6.07) is 18.2. The molecular formula is C22H21BrN2O4. The van der Waals surface area contributed by atoms with Crippen LogP contribution in [-0.4, -0.2) is 43.1 Å². The van der Waals surface area contributed by atoms with Crippen LogP contribution in [0, 0.1) is 0 Å². The maximum atomic E-state index is 12.6. The van der Waals surface area contributed by atoms with E-state index in [2.05, 4.69) is 20.9 Å². The molecule has 6 nitrogen and oxygen atoms in total. The molecular weight excluding hydrogens is 436 g/mol. The summed E-state index contributed by atoms with van der Waals surface area (Å²) < 4.78 is 17.4. The third kappa shape index (κ3) is 5.96. The number of amides is 1. The van der Waals surface area contributed by atoms with E-state index < -0.39 is 0 Å². The Morgan fingerprint density at radius 3 is 2.45 bits per heavy atom. The zero-order chi connectivity index (χ0) is 20.6. The first kappa shape index (κ1) is 20.7. The van der Waals surface area contributed by atoms with Crippen LogP contribution in [0.15, 0.2) is 71.3 Å². The number of aromatic nitrogens is 1. The molecule has 0 N–H and O–H groups in total. The predicted octanol–water partition coefficient (Wildman–Crippen LogP) is 4.80. The highest BCUT2D eigenvalue weighted by molar-refractivity contribution is 9.10. The molecule has 0 radical (unpaired) electrons. The van der Waals surface area contributed by atoms with E-state index in [-0.39, 0.29) is 5.91 Å². The Kier molecular flexibility index (Phi) is 7.08. The van der Waals surface area contributed by atoms with Gasteiger partial charge in [0.25, 0.3) is 5.91 Å². The van der Waals surface area contributed by atoms with Gasteiger partial charge in [0.05, 0.1) is 19.2 Å². The molecule has 29 heavy (non-hydrogen) atoms. The van der Waals surface area contributed by atoms with Gasteiger partial charge in [-0.3, -0.25) is 4.79 Å². The Bertz CT molecular complexity index is 946. The van der Waals surface area contributed by atoms with E-state index in [0.717, 1.165) is 16.0 Å². The Labute approximate surface area is 178 Å². The first-order chi connectivity index (χ1) is 14.0. The number of hydrogen-bond donors (Lipinski definition) is 0. The van der Waals surface area contributed by atoms with Gasteiger partial charge in [-0.1, -0.05) is 22.0 Å². The van der Waals surface area contributed by atoms with Gasteiger partial charge >= 0.3 is 0 Å². The van der Waals surface area contributed by atoms with E-state index in [1.165, 1.54) is 6.20 Å². The second-order valence-electron chi connectivity index (χ2n) is 6.20. The fourth-order valence-corrected chi connectivity index (χ4v) is 2.89. The van der Waals surface area contributed by atoms with Crippen LogP contribution in [0.5, 0.6) is 23.1 Å². The van der Waals surface area contributed by atoms with Gasteiger partial charge < -0.3 is 19.1 Å². The lowest BCUT2D eigenvalue weighted by Crippen LogP contribution is -2.30. The highest BCUT2D eigenvalue weighted by Crippen LogP contribution is 2.23. The maximum absolute atomic E-state index is 12.6. The summed E-state index contributed by atoms with van der Waals surface area (Å²) in [7, 11) is 3.34. The second kappa shape index (κ2) is 9.93. The molecule has 7 heteroatoms. The Morgan fingerprint density at radius 2 is 1.79 bits per heavy atom. The summed E-state index contributed by atoms with van der Waals surface area (Å²) >= 11 is 3.40. The van der Waals surface area contributed by atoms with Crippen LogP contribution in [-0.2, 0) is 0 Å². The van der Waals surface area contributed by atoms with Crippen LogP contribution in [0.3, 0.4) is 0 Å². The van der Waals surface area contributed by atoms with Gasteiger partial charge in [0.2, 0.25) is 5.88 Å². The average Bonchev–Trinajstić information content (AvgIpc) is 2.74. The molecule has 0 aliphatic rings. The van der Waals surface area contributed by atoms with Gasteiger partial charge in [-0.25, -0.2) is 4.98 Å². The van der Waals surface area contributed by atoms with Gasteiger partial charge in [0.1, 0.15) is 23.9 Å². The number of ether oxygens (including phenoxy) is 3. The fraction of sp³-hybridized carbons (Fsp3) is 0.182. The van der Waals surface area contributed by atoms with Crippen molar-refractivity contribution in [3.63, 3.8) is 0 Å². The average molecular weight is 457 g/mol. The van der Waals surface area contributed by atoms with Gasteiger partial charge in [0.15, 0.2) is 0 Å². The van der Waals surface area contributed by atoms with Crippen LogP contribution < -0.4 is 14.2 Å². The van der Waals surface area contributed by atoms with Crippen LogP contribution in [0.2, 0.25) is 0 Å². The number of likely N-dealkylation sites (N-methyl/N-ethyl adjacent to an activating group) is 1. The fourth-order valence-electron chi connectivity index (χ4n) is 2.51. The van der Waals surface area contributed by atoms with Crippen LogP contribution in [0.4, 0.5) is 0 Å². The first-order valence-corrected chi connectivity index (χ1v) is 9.76. The largest absolute Gasteiger partial charge is 0.497 e. The molecule has 3 aromatic rings. The summed E-state index contributed by atoms with van der Waals surface area (Å²) in [5, 5.41) is 0. The minimum Gasteiger partial charge on any atom is -0.497 e. The lowest BCUT2D eigenvalue weighted by molar-refractivity contribution is 0.0773. The van der Waals surface area contributed by atoms with Crippen molar-refractivity contribution in [2.45, 2.75) is 0 Å². The SMILES string of the molecule is COc1ccc(OCCN(C)C(=O)c2ccc(Oc3cccc(Br)c3)nc2)cc1. The minimum absolute atomic E-state index is 0.134. The van der Waals surface area contributed by atoms with Gasteiger partial charge in [0, 0.05) is 23.8 Å². The van der Waals surface area contributed by atoms with Crippen LogP contribution in [0.1, 0.15) is 10.4 Å². The Balaban J connectivity index is 1.50. The van der Waals surface area contributed by atoms with Crippen molar-refractivity contribution >= 4 is 21.8 Å². The molecule has 0 saturated heterocycles. The van der Waals surface area contributed by atoms with E-state index >= 15 is 0 Å². The zero-order valence-electron chi connectivity index (χ0n) is 16.2. The van der Waals surface area contributed by atoms with E-state index in [9.17, 15) is 4.79 Å². The third-order valence-corrected chi connectivity index (χ3v) is 4.60. The number of rotatable bonds is 8. The lowest BCUT2D eigenvalue weighted by Gasteiger charge is -2.17. The van der Waals surface area contributed by atoms with Gasteiger partial charge in [-0.15, -0.1) is 0 Å². The highest BCUT2D eigenvalue weighted by Gasteiger charge is 2.12. The lowest BCUT2D eigenvalue weighted by atomic mass is 10.2. The molecule has 0 saturated carbocycles. The highest BCUT2D eigenvalue weighted by atomic mass is 79.9. The zero-order valence-corrected chi connectivity index (χ0v) is 17.8. The standard InChI is InChI=1S/C22H21BrN2O4/c1-25(12-13-28-19-9-7-18(27-2)8-10-19)22(26)16-6-11-21(24-15-16)29-20-5-3-4-17(23)14-20/h3-11,14-15H,12-13H2,1-2H3. The summed E-state index contributed by atoms with van der Waals surface area (Å²) in [6.07, 6.45) is 1.51. The van der Waals surface area contributed by atoms with E-state index in [0.29, 0.717) is 30.3 Å². The number of pyridine rings is 1. The number of carbonyl (C=O) groups is 1. The number of carbonyl (C=O) groups excluding carboxylic acids is 1. The maximum Gasteiger partial charge on any atom is 0.255 e. The molecule has 0 unspecified atom stereocenters. The van der Waals surface area contributed by atoms with E-state index in [4.69, 9.17) is 14.2 Å². The van der Waals surface area contributed by atoms with Crippen molar-refractivity contribution in [1.82, 2.24) is 9.88 Å². The molecule has 1 amide bonds. The van der Waals surface area contributed by atoms with E-state index in [1.807, 2.05) is 48.5 Å². The van der Waals surface area contributed by atoms with Crippen LogP contribution >= 0.6 is 15.9 Å². The Morgan fingerprint density at radius 1 is 1.03 bits per heavy atom. The van der Waals surface area contributed by atoms with E-state index in [1.54, 1.807) is 31.2 Å². The first-order valence-electron chi connectivity index (χ1n) is 8.97. The van der Waals surface area contributed by atoms with Crippen molar-refractivity contribution in [3.8, 4) is 23.1 Å². The third-order valence-electron chi connectivity index (χ3n) is 4.10. The summed E-state index contributed by atoms with van der Waals surface area (Å²) in [4.78, 5) is 18.4. The monoisotopic (exact) mass is 456 g/mol. The van der Waals surface area contributed by atoms with Crippen molar-refractivity contribution < 1.29 is 19.0 Å². The number of methoxy groups -OCH3 is 1. The Hall–Kier alpha value is -3.06. The molecule has 2 aromatic carbocycles. The molecule has 0 aliphatic carbocycles. The molecule has 0 bridgehead atoms. The topological polar surface area (TPSA) is 60.9 Å². The van der Waals surface area contributed by atoms with Crippen molar-refractivity contribution in [2.24, 2.45) is 0 Å².